The maximum Gasteiger partial charge on any atom is 0.335 e. The minimum atomic E-state index is -0.953. The number of pyridine rings is 1. The molecule has 0 saturated carbocycles. The van der Waals surface area contributed by atoms with Crippen LogP contribution in [0.2, 0.25) is 5.02 Å². The molecule has 0 spiro atoms. The molecule has 0 saturated heterocycles. The zero-order chi connectivity index (χ0) is 21.5. The summed E-state index contributed by atoms with van der Waals surface area (Å²) in [6, 6.07) is 4.74. The number of aromatic nitrogens is 1. The van der Waals surface area contributed by atoms with Crippen LogP contribution in [0.5, 0.6) is 0 Å². The van der Waals surface area contributed by atoms with E-state index >= 15 is 0 Å². The minimum absolute atomic E-state index is 0.0551. The molecular weight excluding hydrogens is 418 g/mol. The van der Waals surface area contributed by atoms with Gasteiger partial charge in [-0.05, 0) is 24.6 Å². The number of hydrogen-bond acceptors (Lipinski definition) is 5. The quantitative estimate of drug-likeness (QED) is 0.556. The Hall–Kier alpha value is -2.43. The zero-order valence-electron chi connectivity index (χ0n) is 14.9. The van der Waals surface area contributed by atoms with Crippen LogP contribution in [-0.2, 0) is 22.9 Å². The fourth-order valence-electron chi connectivity index (χ4n) is 2.30. The summed E-state index contributed by atoms with van der Waals surface area (Å²) in [5, 5.41) is 8.87. The van der Waals surface area contributed by atoms with E-state index < -0.39 is 40.1 Å². The van der Waals surface area contributed by atoms with E-state index in [4.69, 9.17) is 25.2 Å². The Labute approximate surface area is 167 Å². The highest BCUT2D eigenvalue weighted by Crippen LogP contribution is 2.27. The van der Waals surface area contributed by atoms with Gasteiger partial charge in [0.1, 0.15) is 11.6 Å². The van der Waals surface area contributed by atoms with Crippen LogP contribution in [0.25, 0.3) is 11.1 Å². The van der Waals surface area contributed by atoms with Crippen molar-refractivity contribution in [2.45, 2.75) is 26.8 Å². The lowest BCUT2D eigenvalue weighted by atomic mass is 9.88. The van der Waals surface area contributed by atoms with Gasteiger partial charge in [-0.25, -0.2) is 14.3 Å². The van der Waals surface area contributed by atoms with Crippen molar-refractivity contribution >= 4 is 29.1 Å². The van der Waals surface area contributed by atoms with E-state index in [2.05, 4.69) is 0 Å². The number of hydroxylamine groups is 1. The summed E-state index contributed by atoms with van der Waals surface area (Å²) >= 11 is 4.92. The number of amides is 1. The molecule has 0 aliphatic heterocycles. The van der Waals surface area contributed by atoms with Crippen LogP contribution in [0, 0.1) is 17.0 Å². The molecule has 1 aromatic heterocycles. The lowest BCUT2D eigenvalue weighted by molar-refractivity contribution is -0.138. The predicted molar refractivity (Wildman–Crippen MR) is 98.3 cm³/mol. The van der Waals surface area contributed by atoms with Gasteiger partial charge in [-0.15, -0.1) is 0 Å². The van der Waals surface area contributed by atoms with Gasteiger partial charge in [0, 0.05) is 40.4 Å². The van der Waals surface area contributed by atoms with Gasteiger partial charge in [0.25, 0.3) is 5.56 Å². The molecule has 0 aliphatic carbocycles. The molecule has 1 heterocycles. The molecule has 11 heteroatoms. The van der Waals surface area contributed by atoms with E-state index in [9.17, 15) is 18.4 Å². The SMILES string of the molecule is CC(C)(CCn1cc(F)c(-c2ccc(Cl)cc2F)cc1=O)C(=O)NO.O=S=O. The average molecular weight is 435 g/mol. The summed E-state index contributed by atoms with van der Waals surface area (Å²) < 4.78 is 46.0. The topological polar surface area (TPSA) is 105 Å². The van der Waals surface area contributed by atoms with Gasteiger partial charge in [-0.2, -0.15) is 8.42 Å². The highest BCUT2D eigenvalue weighted by Gasteiger charge is 2.27. The molecule has 0 radical (unpaired) electrons. The van der Waals surface area contributed by atoms with Crippen molar-refractivity contribution in [3.63, 3.8) is 0 Å². The maximum absolute atomic E-state index is 14.4. The summed E-state index contributed by atoms with van der Waals surface area (Å²) in [7, 11) is 0. The molecule has 152 valence electrons. The number of hydrogen-bond donors (Lipinski definition) is 2. The van der Waals surface area contributed by atoms with Crippen LogP contribution < -0.4 is 11.0 Å². The number of nitrogens with zero attached hydrogens (tertiary/aromatic N) is 1. The number of aryl methyl sites for hydroxylation is 1. The average Bonchev–Trinajstić information content (AvgIpc) is 2.62. The Morgan fingerprint density at radius 3 is 2.36 bits per heavy atom. The first-order chi connectivity index (χ1) is 13.1. The Morgan fingerprint density at radius 1 is 1.21 bits per heavy atom. The van der Waals surface area contributed by atoms with Crippen molar-refractivity contribution in [1.82, 2.24) is 10.0 Å². The first kappa shape index (κ1) is 23.6. The Morgan fingerprint density at radius 2 is 1.82 bits per heavy atom. The van der Waals surface area contributed by atoms with E-state index in [0.29, 0.717) is 0 Å². The third-order valence-corrected chi connectivity index (χ3v) is 4.23. The Bertz CT molecular complexity index is 959. The summed E-state index contributed by atoms with van der Waals surface area (Å²) in [5.74, 6) is -2.12. The van der Waals surface area contributed by atoms with Gasteiger partial charge in [0.05, 0.1) is 0 Å². The summed E-state index contributed by atoms with van der Waals surface area (Å²) in [4.78, 5) is 23.7. The van der Waals surface area contributed by atoms with Gasteiger partial charge in [-0.3, -0.25) is 14.8 Å². The molecule has 1 aromatic carbocycles. The molecule has 28 heavy (non-hydrogen) atoms. The molecule has 0 bridgehead atoms. The van der Waals surface area contributed by atoms with Gasteiger partial charge in [0.2, 0.25) is 5.91 Å². The van der Waals surface area contributed by atoms with Crippen LogP contribution in [-0.4, -0.2) is 24.1 Å². The summed E-state index contributed by atoms with van der Waals surface area (Å²) in [5.41, 5.74) is -0.161. The molecule has 1 amide bonds. The van der Waals surface area contributed by atoms with Crippen molar-refractivity contribution < 1.29 is 27.2 Å². The van der Waals surface area contributed by atoms with Gasteiger partial charge in [-0.1, -0.05) is 25.4 Å². The van der Waals surface area contributed by atoms with E-state index in [-0.39, 0.29) is 29.1 Å². The molecule has 2 rings (SSSR count). The van der Waals surface area contributed by atoms with Crippen molar-refractivity contribution in [2.24, 2.45) is 5.41 Å². The second-order valence-corrected chi connectivity index (χ2v) is 6.91. The highest BCUT2D eigenvalue weighted by molar-refractivity contribution is 7.51. The van der Waals surface area contributed by atoms with Gasteiger partial charge >= 0.3 is 11.6 Å². The van der Waals surface area contributed by atoms with Crippen LogP contribution >= 0.6 is 11.6 Å². The number of halogens is 3. The third kappa shape index (κ3) is 6.04. The van der Waals surface area contributed by atoms with E-state index in [0.717, 1.165) is 22.9 Å². The van der Waals surface area contributed by atoms with Crippen molar-refractivity contribution in [1.29, 1.82) is 0 Å². The Balaban J connectivity index is 0.00000122. The van der Waals surface area contributed by atoms with E-state index in [1.165, 1.54) is 12.1 Å². The number of nitrogens with one attached hydrogen (secondary N) is 1. The fraction of sp³-hybridized carbons (Fsp3) is 0.294. The number of carbonyl (C=O) groups is 1. The molecule has 0 aliphatic rings. The smallest absolute Gasteiger partial charge is 0.313 e. The van der Waals surface area contributed by atoms with Crippen LogP contribution in [0.3, 0.4) is 0 Å². The third-order valence-electron chi connectivity index (χ3n) is 3.99. The van der Waals surface area contributed by atoms with Crippen molar-refractivity contribution in [3.8, 4) is 11.1 Å². The Kier molecular flexibility index (Phi) is 8.61. The molecule has 7 nitrogen and oxygen atoms in total. The second kappa shape index (κ2) is 10.2. The maximum atomic E-state index is 14.4. The van der Waals surface area contributed by atoms with Crippen LogP contribution in [0.15, 0.2) is 35.3 Å². The fourth-order valence-corrected chi connectivity index (χ4v) is 2.46. The number of carbonyl (C=O) groups excluding carboxylic acids is 1. The lowest BCUT2D eigenvalue weighted by Crippen LogP contribution is -2.36. The molecule has 0 unspecified atom stereocenters. The zero-order valence-corrected chi connectivity index (χ0v) is 16.4. The first-order valence-electron chi connectivity index (χ1n) is 7.79. The molecule has 0 fully saturated rings. The van der Waals surface area contributed by atoms with Crippen LogP contribution in [0.4, 0.5) is 8.78 Å². The highest BCUT2D eigenvalue weighted by atomic mass is 35.5. The molecule has 2 N–H and O–H groups in total. The monoisotopic (exact) mass is 434 g/mol. The van der Waals surface area contributed by atoms with Crippen molar-refractivity contribution in [2.75, 3.05) is 0 Å². The van der Waals surface area contributed by atoms with E-state index in [1.54, 1.807) is 19.3 Å². The first-order valence-corrected chi connectivity index (χ1v) is 8.83. The number of rotatable bonds is 5. The predicted octanol–water partition coefficient (Wildman–Crippen LogP) is 2.70. The number of benzene rings is 1. The standard InChI is InChI=1S/C17H17ClF2N2O3.O2S/c1-17(2,16(24)21-25)5-6-22-9-14(20)12(8-15(22)23)11-4-3-10(18)7-13(11)19;1-3-2/h3-4,7-9,25H,5-6H2,1-2H3,(H,21,24);. The van der Waals surface area contributed by atoms with Crippen molar-refractivity contribution in [3.05, 3.63) is 57.5 Å². The van der Waals surface area contributed by atoms with Crippen LogP contribution in [0.1, 0.15) is 20.3 Å². The largest absolute Gasteiger partial charge is 0.335 e. The van der Waals surface area contributed by atoms with Gasteiger partial charge in [0.15, 0.2) is 0 Å². The molecule has 0 atom stereocenters. The lowest BCUT2D eigenvalue weighted by Gasteiger charge is -2.22. The molecule has 2 aromatic rings. The van der Waals surface area contributed by atoms with Gasteiger partial charge < -0.3 is 4.57 Å². The summed E-state index contributed by atoms with van der Waals surface area (Å²) in [6.45, 7) is 3.22. The minimum Gasteiger partial charge on any atom is -0.313 e. The van der Waals surface area contributed by atoms with E-state index in [1.807, 2.05) is 0 Å². The molecular formula is C17H17ClF2N2O5S. The normalized spacial score (nSPS) is 10.6. The summed E-state index contributed by atoms with van der Waals surface area (Å²) in [6.07, 6.45) is 1.16. The second-order valence-electron chi connectivity index (χ2n) is 6.33.